The van der Waals surface area contributed by atoms with E-state index in [0.717, 1.165) is 26.7 Å². The van der Waals surface area contributed by atoms with Gasteiger partial charge in [0.25, 0.3) is 5.69 Å². The van der Waals surface area contributed by atoms with Crippen LogP contribution in [0.1, 0.15) is 5.56 Å². The number of pyridine rings is 1. The van der Waals surface area contributed by atoms with Crippen LogP contribution in [-0.2, 0) is 6.42 Å². The zero-order chi connectivity index (χ0) is 14.5. The first kappa shape index (κ1) is 14.9. The minimum Gasteiger partial charge on any atom is -0.369 e. The number of nitro benzene ring substituents is 1. The van der Waals surface area contributed by atoms with E-state index in [1.807, 2.05) is 6.07 Å². The molecule has 104 valence electrons. The fourth-order valence-electron chi connectivity index (χ4n) is 1.65. The molecular formula is C13H11Br2N3O2. The van der Waals surface area contributed by atoms with Crippen LogP contribution in [0.3, 0.4) is 0 Å². The van der Waals surface area contributed by atoms with E-state index in [9.17, 15) is 10.1 Å². The monoisotopic (exact) mass is 399 g/mol. The number of rotatable bonds is 5. The largest absolute Gasteiger partial charge is 0.369 e. The van der Waals surface area contributed by atoms with E-state index in [0.29, 0.717) is 6.54 Å². The van der Waals surface area contributed by atoms with Gasteiger partial charge in [0.2, 0.25) is 0 Å². The Hall–Kier alpha value is -1.47. The van der Waals surface area contributed by atoms with Gasteiger partial charge in [-0.1, -0.05) is 12.1 Å². The Bertz CT molecular complexity index is 618. The average molecular weight is 401 g/mol. The van der Waals surface area contributed by atoms with E-state index < -0.39 is 4.92 Å². The predicted octanol–water partition coefficient (Wildman–Crippen LogP) is 4.17. The first-order chi connectivity index (χ1) is 9.56. The van der Waals surface area contributed by atoms with Crippen molar-refractivity contribution >= 4 is 43.4 Å². The maximum absolute atomic E-state index is 10.6. The zero-order valence-electron chi connectivity index (χ0n) is 10.3. The van der Waals surface area contributed by atoms with Crippen LogP contribution in [0.15, 0.2) is 45.5 Å². The lowest BCUT2D eigenvalue weighted by atomic mass is 10.1. The summed E-state index contributed by atoms with van der Waals surface area (Å²) < 4.78 is 1.79. The standard InChI is InChI=1S/C13H11Br2N3O2/c14-10-7-12(15)13(17-8-10)16-6-5-9-1-3-11(4-2-9)18(19)20/h1-4,7-8H,5-6H2,(H,16,17). The lowest BCUT2D eigenvalue weighted by Gasteiger charge is -2.07. The summed E-state index contributed by atoms with van der Waals surface area (Å²) in [5.74, 6) is 0.773. The van der Waals surface area contributed by atoms with Gasteiger partial charge in [-0.3, -0.25) is 10.1 Å². The number of nitrogens with zero attached hydrogens (tertiary/aromatic N) is 2. The molecule has 1 aromatic heterocycles. The van der Waals surface area contributed by atoms with Crippen LogP contribution in [0.4, 0.5) is 11.5 Å². The summed E-state index contributed by atoms with van der Waals surface area (Å²) in [5, 5.41) is 13.8. The molecule has 0 saturated carbocycles. The Morgan fingerprint density at radius 3 is 2.55 bits per heavy atom. The van der Waals surface area contributed by atoms with Crippen LogP contribution in [-0.4, -0.2) is 16.5 Å². The van der Waals surface area contributed by atoms with Gasteiger partial charge in [0, 0.05) is 29.3 Å². The lowest BCUT2D eigenvalue weighted by Crippen LogP contribution is -2.06. The molecule has 0 unspecified atom stereocenters. The zero-order valence-corrected chi connectivity index (χ0v) is 13.5. The molecule has 1 aromatic carbocycles. The fourth-order valence-corrected chi connectivity index (χ4v) is 2.78. The highest BCUT2D eigenvalue weighted by molar-refractivity contribution is 9.11. The molecular weight excluding hydrogens is 390 g/mol. The molecule has 20 heavy (non-hydrogen) atoms. The molecule has 0 aliphatic carbocycles. The van der Waals surface area contributed by atoms with Gasteiger partial charge in [-0.25, -0.2) is 4.98 Å². The van der Waals surface area contributed by atoms with Gasteiger partial charge < -0.3 is 5.32 Å². The van der Waals surface area contributed by atoms with Crippen LogP contribution < -0.4 is 5.32 Å². The van der Waals surface area contributed by atoms with Crippen molar-refractivity contribution in [3.63, 3.8) is 0 Å². The third-order valence-corrected chi connectivity index (χ3v) is 3.70. The minimum absolute atomic E-state index is 0.110. The van der Waals surface area contributed by atoms with E-state index >= 15 is 0 Å². The van der Waals surface area contributed by atoms with E-state index in [1.54, 1.807) is 18.3 Å². The van der Waals surface area contributed by atoms with Crippen molar-refractivity contribution in [1.29, 1.82) is 0 Å². The summed E-state index contributed by atoms with van der Waals surface area (Å²) in [5.41, 5.74) is 1.15. The van der Waals surface area contributed by atoms with Crippen LogP contribution in [0.5, 0.6) is 0 Å². The number of benzene rings is 1. The van der Waals surface area contributed by atoms with Gasteiger partial charge in [-0.2, -0.15) is 0 Å². The number of nitro groups is 1. The first-order valence-corrected chi connectivity index (χ1v) is 7.43. The van der Waals surface area contributed by atoms with E-state index in [-0.39, 0.29) is 5.69 Å². The third-order valence-electron chi connectivity index (χ3n) is 2.66. The highest BCUT2D eigenvalue weighted by Crippen LogP contribution is 2.23. The van der Waals surface area contributed by atoms with Crippen molar-refractivity contribution in [2.24, 2.45) is 0 Å². The smallest absolute Gasteiger partial charge is 0.269 e. The van der Waals surface area contributed by atoms with Gasteiger partial charge in [0.15, 0.2) is 0 Å². The van der Waals surface area contributed by atoms with E-state index in [1.165, 1.54) is 12.1 Å². The highest BCUT2D eigenvalue weighted by atomic mass is 79.9. The topological polar surface area (TPSA) is 68.1 Å². The molecule has 0 amide bonds. The summed E-state index contributed by atoms with van der Waals surface area (Å²) in [6.45, 7) is 0.699. The Kier molecular flexibility index (Phi) is 5.08. The molecule has 0 radical (unpaired) electrons. The summed E-state index contributed by atoms with van der Waals surface area (Å²) in [4.78, 5) is 14.4. The van der Waals surface area contributed by atoms with Crippen LogP contribution in [0, 0.1) is 10.1 Å². The van der Waals surface area contributed by atoms with Crippen molar-refractivity contribution in [2.75, 3.05) is 11.9 Å². The Morgan fingerprint density at radius 2 is 1.95 bits per heavy atom. The Labute approximate surface area is 132 Å². The normalized spacial score (nSPS) is 10.3. The molecule has 5 nitrogen and oxygen atoms in total. The number of aromatic nitrogens is 1. The molecule has 2 aromatic rings. The molecule has 0 bridgehead atoms. The van der Waals surface area contributed by atoms with Crippen molar-refractivity contribution in [2.45, 2.75) is 6.42 Å². The summed E-state index contributed by atoms with van der Waals surface area (Å²) in [6, 6.07) is 8.49. The number of nitrogens with one attached hydrogen (secondary N) is 1. The average Bonchev–Trinajstić information content (AvgIpc) is 2.42. The second-order valence-electron chi connectivity index (χ2n) is 4.08. The van der Waals surface area contributed by atoms with E-state index in [4.69, 9.17) is 0 Å². The molecule has 1 N–H and O–H groups in total. The van der Waals surface area contributed by atoms with Crippen molar-refractivity contribution < 1.29 is 4.92 Å². The molecule has 0 aliphatic heterocycles. The fraction of sp³-hybridized carbons (Fsp3) is 0.154. The van der Waals surface area contributed by atoms with Crippen LogP contribution in [0.2, 0.25) is 0 Å². The summed E-state index contributed by atoms with van der Waals surface area (Å²) >= 11 is 6.77. The Morgan fingerprint density at radius 1 is 1.25 bits per heavy atom. The second kappa shape index (κ2) is 6.81. The number of hydrogen-bond donors (Lipinski definition) is 1. The van der Waals surface area contributed by atoms with Gasteiger partial charge >= 0.3 is 0 Å². The lowest BCUT2D eigenvalue weighted by molar-refractivity contribution is -0.384. The number of halogens is 2. The molecule has 2 rings (SSSR count). The quantitative estimate of drug-likeness (QED) is 0.604. The van der Waals surface area contributed by atoms with Gasteiger partial charge in [-0.05, 0) is 49.9 Å². The highest BCUT2D eigenvalue weighted by Gasteiger charge is 2.04. The molecule has 0 spiro atoms. The number of non-ortho nitro benzene ring substituents is 1. The van der Waals surface area contributed by atoms with Gasteiger partial charge in [-0.15, -0.1) is 0 Å². The van der Waals surface area contributed by atoms with E-state index in [2.05, 4.69) is 42.2 Å². The molecule has 7 heteroatoms. The van der Waals surface area contributed by atoms with Crippen molar-refractivity contribution in [3.05, 3.63) is 61.2 Å². The molecule has 1 heterocycles. The molecule has 0 fully saturated rings. The summed E-state index contributed by atoms with van der Waals surface area (Å²) in [6.07, 6.45) is 2.49. The number of hydrogen-bond acceptors (Lipinski definition) is 4. The Balaban J connectivity index is 1.91. The predicted molar refractivity (Wildman–Crippen MR) is 84.9 cm³/mol. The molecule has 0 saturated heterocycles. The van der Waals surface area contributed by atoms with Crippen LogP contribution >= 0.6 is 31.9 Å². The van der Waals surface area contributed by atoms with Gasteiger partial charge in [0.05, 0.1) is 9.40 Å². The summed E-state index contributed by atoms with van der Waals surface area (Å²) in [7, 11) is 0. The number of anilines is 1. The second-order valence-corrected chi connectivity index (χ2v) is 5.85. The molecule has 0 atom stereocenters. The molecule has 0 aliphatic rings. The minimum atomic E-state index is -0.398. The van der Waals surface area contributed by atoms with Crippen molar-refractivity contribution in [1.82, 2.24) is 4.98 Å². The maximum Gasteiger partial charge on any atom is 0.269 e. The maximum atomic E-state index is 10.6. The first-order valence-electron chi connectivity index (χ1n) is 5.84. The van der Waals surface area contributed by atoms with Crippen LogP contribution in [0.25, 0.3) is 0 Å². The third kappa shape index (κ3) is 4.01. The SMILES string of the molecule is O=[N+]([O-])c1ccc(CCNc2ncc(Br)cc2Br)cc1. The van der Waals surface area contributed by atoms with Gasteiger partial charge in [0.1, 0.15) is 5.82 Å². The van der Waals surface area contributed by atoms with Crippen molar-refractivity contribution in [3.8, 4) is 0 Å².